The highest BCUT2D eigenvalue weighted by atomic mass is 32.2. The van der Waals surface area contributed by atoms with Crippen molar-refractivity contribution in [1.82, 2.24) is 0 Å². The minimum Gasteiger partial charge on any atom is -0.481 e. The van der Waals surface area contributed by atoms with E-state index in [1.54, 1.807) is 24.3 Å². The minimum absolute atomic E-state index is 0.150. The smallest absolute Gasteiger partial charge is 0.308 e. The van der Waals surface area contributed by atoms with Gasteiger partial charge < -0.3 is 10.0 Å². The molecule has 0 spiro atoms. The predicted octanol–water partition coefficient (Wildman–Crippen LogP) is 1.78. The van der Waals surface area contributed by atoms with E-state index in [1.807, 2.05) is 11.8 Å². The number of carboxylic acid groups (broad SMARTS) is 1. The van der Waals surface area contributed by atoms with Crippen LogP contribution in [-0.2, 0) is 14.6 Å². The van der Waals surface area contributed by atoms with E-state index in [1.165, 1.54) is 0 Å². The van der Waals surface area contributed by atoms with E-state index in [4.69, 9.17) is 5.11 Å². The SMILES string of the molecule is CCCS(=O)(=O)c1ccc(N2CCC(C(=O)O)C2)cc1. The van der Waals surface area contributed by atoms with E-state index in [-0.39, 0.29) is 11.7 Å². The fraction of sp³-hybridized carbons (Fsp3) is 0.500. The molecule has 1 unspecified atom stereocenters. The van der Waals surface area contributed by atoms with Crippen molar-refractivity contribution < 1.29 is 18.3 Å². The van der Waals surface area contributed by atoms with E-state index in [0.717, 1.165) is 5.69 Å². The van der Waals surface area contributed by atoms with Gasteiger partial charge in [-0.05, 0) is 37.1 Å². The van der Waals surface area contributed by atoms with Crippen molar-refractivity contribution in [3.8, 4) is 0 Å². The molecule has 2 rings (SSSR count). The topological polar surface area (TPSA) is 74.7 Å². The monoisotopic (exact) mass is 297 g/mol. The molecule has 1 aliphatic rings. The first-order valence-electron chi connectivity index (χ1n) is 6.74. The van der Waals surface area contributed by atoms with Gasteiger partial charge in [0.15, 0.2) is 9.84 Å². The molecule has 1 saturated heterocycles. The molecule has 0 saturated carbocycles. The van der Waals surface area contributed by atoms with Crippen molar-refractivity contribution in [2.24, 2.45) is 5.92 Å². The number of hydrogen-bond acceptors (Lipinski definition) is 4. The van der Waals surface area contributed by atoms with E-state index < -0.39 is 15.8 Å². The fourth-order valence-electron chi connectivity index (χ4n) is 2.45. The van der Waals surface area contributed by atoms with Gasteiger partial charge in [-0.3, -0.25) is 4.79 Å². The number of aliphatic carboxylic acids is 1. The van der Waals surface area contributed by atoms with Crippen molar-refractivity contribution in [3.63, 3.8) is 0 Å². The molecule has 1 aliphatic heterocycles. The Kier molecular flexibility index (Phi) is 4.32. The van der Waals surface area contributed by atoms with Crippen LogP contribution in [0.15, 0.2) is 29.2 Å². The van der Waals surface area contributed by atoms with Gasteiger partial charge in [-0.15, -0.1) is 0 Å². The number of carbonyl (C=O) groups is 1. The van der Waals surface area contributed by atoms with Crippen LogP contribution >= 0.6 is 0 Å². The first-order chi connectivity index (χ1) is 9.44. The minimum atomic E-state index is -3.19. The summed E-state index contributed by atoms with van der Waals surface area (Å²) in [6, 6.07) is 6.72. The van der Waals surface area contributed by atoms with Gasteiger partial charge >= 0.3 is 5.97 Å². The van der Waals surface area contributed by atoms with Crippen LogP contribution in [0.2, 0.25) is 0 Å². The normalized spacial score (nSPS) is 19.2. The molecule has 20 heavy (non-hydrogen) atoms. The van der Waals surface area contributed by atoms with Gasteiger partial charge in [-0.25, -0.2) is 8.42 Å². The predicted molar refractivity (Wildman–Crippen MR) is 76.7 cm³/mol. The van der Waals surface area contributed by atoms with Gasteiger partial charge in [0, 0.05) is 18.8 Å². The highest BCUT2D eigenvalue weighted by Crippen LogP contribution is 2.25. The van der Waals surface area contributed by atoms with Crippen LogP contribution in [-0.4, -0.2) is 38.3 Å². The molecule has 1 heterocycles. The molecular weight excluding hydrogens is 278 g/mol. The quantitative estimate of drug-likeness (QED) is 0.896. The number of benzene rings is 1. The van der Waals surface area contributed by atoms with Gasteiger partial charge in [-0.2, -0.15) is 0 Å². The van der Waals surface area contributed by atoms with E-state index in [2.05, 4.69) is 0 Å². The van der Waals surface area contributed by atoms with Gasteiger partial charge in [0.2, 0.25) is 0 Å². The van der Waals surface area contributed by atoms with Crippen LogP contribution in [0.25, 0.3) is 0 Å². The van der Waals surface area contributed by atoms with Crippen LogP contribution in [0, 0.1) is 5.92 Å². The third-order valence-corrected chi connectivity index (χ3v) is 5.51. The van der Waals surface area contributed by atoms with Crippen molar-refractivity contribution >= 4 is 21.5 Å². The van der Waals surface area contributed by atoms with Crippen LogP contribution in [0.1, 0.15) is 19.8 Å². The summed E-state index contributed by atoms with van der Waals surface area (Å²) in [4.78, 5) is 13.2. The Morgan fingerprint density at radius 1 is 1.35 bits per heavy atom. The number of hydrogen-bond donors (Lipinski definition) is 1. The lowest BCUT2D eigenvalue weighted by Gasteiger charge is -2.18. The Hall–Kier alpha value is -1.56. The lowest BCUT2D eigenvalue weighted by Crippen LogP contribution is -2.22. The Bertz CT molecular complexity index is 580. The number of nitrogens with zero attached hydrogens (tertiary/aromatic N) is 1. The summed E-state index contributed by atoms with van der Waals surface area (Å²) in [6.45, 7) is 3.01. The summed E-state index contributed by atoms with van der Waals surface area (Å²) >= 11 is 0. The summed E-state index contributed by atoms with van der Waals surface area (Å²) in [6.07, 6.45) is 1.22. The molecule has 0 amide bonds. The molecule has 0 aliphatic carbocycles. The Morgan fingerprint density at radius 3 is 2.50 bits per heavy atom. The van der Waals surface area contributed by atoms with Crippen molar-refractivity contribution in [1.29, 1.82) is 0 Å². The molecule has 1 aromatic rings. The molecule has 5 nitrogen and oxygen atoms in total. The largest absolute Gasteiger partial charge is 0.481 e. The third kappa shape index (κ3) is 3.12. The summed E-state index contributed by atoms with van der Waals surface area (Å²) in [7, 11) is -3.19. The third-order valence-electron chi connectivity index (χ3n) is 3.57. The van der Waals surface area contributed by atoms with Crippen molar-refractivity contribution in [2.75, 3.05) is 23.7 Å². The molecule has 1 fully saturated rings. The van der Waals surface area contributed by atoms with Crippen LogP contribution < -0.4 is 4.90 Å². The molecule has 110 valence electrons. The van der Waals surface area contributed by atoms with Gasteiger partial charge in [0.05, 0.1) is 16.6 Å². The first-order valence-corrected chi connectivity index (χ1v) is 8.40. The maximum atomic E-state index is 11.9. The maximum Gasteiger partial charge on any atom is 0.308 e. The van der Waals surface area contributed by atoms with Crippen LogP contribution in [0.4, 0.5) is 5.69 Å². The molecule has 0 bridgehead atoms. The number of rotatable bonds is 5. The Morgan fingerprint density at radius 2 is 2.00 bits per heavy atom. The second-order valence-electron chi connectivity index (χ2n) is 5.08. The average molecular weight is 297 g/mol. The lowest BCUT2D eigenvalue weighted by molar-refractivity contribution is -0.140. The van der Waals surface area contributed by atoms with E-state index >= 15 is 0 Å². The molecule has 0 aromatic heterocycles. The summed E-state index contributed by atoms with van der Waals surface area (Å²) < 4.78 is 23.8. The molecule has 6 heteroatoms. The summed E-state index contributed by atoms with van der Waals surface area (Å²) in [5, 5.41) is 8.98. The van der Waals surface area contributed by atoms with E-state index in [9.17, 15) is 13.2 Å². The standard InChI is InChI=1S/C14H19NO4S/c1-2-9-20(18,19)13-5-3-12(4-6-13)15-8-7-11(10-15)14(16)17/h3-6,11H,2,7-10H2,1H3,(H,16,17). The van der Waals surface area contributed by atoms with Gasteiger partial charge in [0.25, 0.3) is 0 Å². The molecule has 0 radical (unpaired) electrons. The highest BCUT2D eigenvalue weighted by Gasteiger charge is 2.28. The zero-order chi connectivity index (χ0) is 14.8. The summed E-state index contributed by atoms with van der Waals surface area (Å²) in [5.74, 6) is -0.954. The second-order valence-corrected chi connectivity index (χ2v) is 7.19. The lowest BCUT2D eigenvalue weighted by atomic mass is 10.1. The average Bonchev–Trinajstić information content (AvgIpc) is 2.88. The maximum absolute atomic E-state index is 11.9. The number of sulfone groups is 1. The Labute approximate surface area is 119 Å². The number of carboxylic acids is 1. The van der Waals surface area contributed by atoms with Crippen molar-refractivity contribution in [2.45, 2.75) is 24.7 Å². The summed E-state index contributed by atoms with van der Waals surface area (Å²) in [5.41, 5.74) is 0.879. The fourth-order valence-corrected chi connectivity index (χ4v) is 3.77. The van der Waals surface area contributed by atoms with Crippen LogP contribution in [0.5, 0.6) is 0 Å². The van der Waals surface area contributed by atoms with E-state index in [0.29, 0.717) is 30.8 Å². The zero-order valence-corrected chi connectivity index (χ0v) is 12.3. The van der Waals surface area contributed by atoms with Gasteiger partial charge in [0.1, 0.15) is 0 Å². The first kappa shape index (κ1) is 14.8. The number of anilines is 1. The Balaban J connectivity index is 2.12. The molecule has 1 aromatic carbocycles. The zero-order valence-electron chi connectivity index (χ0n) is 11.4. The van der Waals surface area contributed by atoms with Crippen LogP contribution in [0.3, 0.4) is 0 Å². The van der Waals surface area contributed by atoms with Gasteiger partial charge in [-0.1, -0.05) is 6.92 Å². The molecule has 1 N–H and O–H groups in total. The second kappa shape index (κ2) is 5.83. The molecular formula is C14H19NO4S. The molecule has 1 atom stereocenters. The van der Waals surface area contributed by atoms with Crippen molar-refractivity contribution in [3.05, 3.63) is 24.3 Å². The highest BCUT2D eigenvalue weighted by molar-refractivity contribution is 7.91.